The summed E-state index contributed by atoms with van der Waals surface area (Å²) >= 11 is 3.65. The highest BCUT2D eigenvalue weighted by atomic mass is 79.9. The second kappa shape index (κ2) is 5.11. The van der Waals surface area contributed by atoms with Crippen molar-refractivity contribution in [2.45, 2.75) is 25.2 Å². The molecule has 0 saturated carbocycles. The summed E-state index contributed by atoms with van der Waals surface area (Å²) in [4.78, 5) is 2.68. The molecule has 3 saturated heterocycles. The summed E-state index contributed by atoms with van der Waals surface area (Å²) in [5.41, 5.74) is 2.09. The molecule has 0 radical (unpaired) electrons. The molecule has 1 spiro atoms. The van der Waals surface area contributed by atoms with E-state index in [9.17, 15) is 0 Å². The SMILES string of the molecule is Brc1cccc(C2CNCCC23CCN2CCC3C2)c1. The summed E-state index contributed by atoms with van der Waals surface area (Å²) in [7, 11) is 0. The van der Waals surface area contributed by atoms with Crippen molar-refractivity contribution in [3.8, 4) is 0 Å². The minimum absolute atomic E-state index is 0.555. The van der Waals surface area contributed by atoms with Gasteiger partial charge in [0.25, 0.3) is 0 Å². The average molecular weight is 335 g/mol. The molecule has 3 heterocycles. The zero-order valence-corrected chi connectivity index (χ0v) is 13.5. The van der Waals surface area contributed by atoms with Crippen LogP contribution in [0.3, 0.4) is 0 Å². The molecule has 108 valence electrons. The molecule has 3 aliphatic rings. The van der Waals surface area contributed by atoms with Crippen LogP contribution in [0.1, 0.15) is 30.7 Å². The fourth-order valence-electron chi connectivity index (χ4n) is 4.98. The number of rotatable bonds is 1. The molecule has 0 amide bonds. The summed E-state index contributed by atoms with van der Waals surface area (Å²) < 4.78 is 1.22. The Balaban J connectivity index is 1.72. The Morgan fingerprint density at radius 1 is 1.25 bits per heavy atom. The Hall–Kier alpha value is -0.380. The van der Waals surface area contributed by atoms with E-state index in [1.165, 1.54) is 55.5 Å². The van der Waals surface area contributed by atoms with Crippen molar-refractivity contribution in [1.29, 1.82) is 0 Å². The van der Waals surface area contributed by atoms with E-state index in [0.29, 0.717) is 11.3 Å². The molecule has 4 unspecified atom stereocenters. The molecule has 3 aliphatic heterocycles. The number of fused-ring (bicyclic) bond motifs is 3. The van der Waals surface area contributed by atoms with Crippen LogP contribution in [-0.4, -0.2) is 37.6 Å². The number of hydrogen-bond donors (Lipinski definition) is 1. The zero-order valence-electron chi connectivity index (χ0n) is 11.9. The summed E-state index contributed by atoms with van der Waals surface area (Å²) in [6, 6.07) is 9.03. The van der Waals surface area contributed by atoms with E-state index in [4.69, 9.17) is 0 Å². The first-order chi connectivity index (χ1) is 9.78. The summed E-state index contributed by atoms with van der Waals surface area (Å²) in [6.45, 7) is 6.38. The molecule has 1 N–H and O–H groups in total. The first-order valence-electron chi connectivity index (χ1n) is 7.96. The van der Waals surface area contributed by atoms with Crippen LogP contribution in [0.2, 0.25) is 0 Å². The molecule has 0 aromatic heterocycles. The van der Waals surface area contributed by atoms with Gasteiger partial charge in [0.05, 0.1) is 0 Å². The van der Waals surface area contributed by atoms with Crippen LogP contribution < -0.4 is 5.32 Å². The third kappa shape index (κ3) is 2.06. The summed E-state index contributed by atoms with van der Waals surface area (Å²) in [5, 5.41) is 3.65. The molecule has 0 aliphatic carbocycles. The van der Waals surface area contributed by atoms with Crippen LogP contribution in [0.5, 0.6) is 0 Å². The molecule has 1 aromatic carbocycles. The molecule has 1 aromatic rings. The van der Waals surface area contributed by atoms with E-state index in [-0.39, 0.29) is 0 Å². The molecular formula is C17H23BrN2. The molecule has 20 heavy (non-hydrogen) atoms. The minimum atomic E-state index is 0.555. The van der Waals surface area contributed by atoms with E-state index in [0.717, 1.165) is 12.5 Å². The highest BCUT2D eigenvalue weighted by Crippen LogP contribution is 2.54. The highest BCUT2D eigenvalue weighted by Gasteiger charge is 2.51. The van der Waals surface area contributed by atoms with E-state index < -0.39 is 0 Å². The number of hydrogen-bond acceptors (Lipinski definition) is 2. The maximum atomic E-state index is 3.65. The van der Waals surface area contributed by atoms with E-state index in [1.807, 2.05) is 0 Å². The molecule has 4 atom stereocenters. The minimum Gasteiger partial charge on any atom is -0.316 e. The van der Waals surface area contributed by atoms with Crippen molar-refractivity contribution < 1.29 is 0 Å². The van der Waals surface area contributed by atoms with Gasteiger partial charge in [-0.05, 0) is 67.9 Å². The topological polar surface area (TPSA) is 15.3 Å². The van der Waals surface area contributed by atoms with Gasteiger partial charge in [-0.2, -0.15) is 0 Å². The van der Waals surface area contributed by atoms with Gasteiger partial charge in [-0.3, -0.25) is 0 Å². The second-order valence-electron chi connectivity index (χ2n) is 6.83. The van der Waals surface area contributed by atoms with Gasteiger partial charge in [0.1, 0.15) is 0 Å². The Bertz CT molecular complexity index is 504. The van der Waals surface area contributed by atoms with E-state index in [1.54, 1.807) is 0 Å². The van der Waals surface area contributed by atoms with Crippen molar-refractivity contribution in [2.24, 2.45) is 11.3 Å². The van der Waals surface area contributed by atoms with Crippen molar-refractivity contribution in [3.05, 3.63) is 34.3 Å². The van der Waals surface area contributed by atoms with Crippen molar-refractivity contribution in [3.63, 3.8) is 0 Å². The number of halogens is 1. The van der Waals surface area contributed by atoms with Crippen LogP contribution in [0.25, 0.3) is 0 Å². The molecular weight excluding hydrogens is 312 g/mol. The molecule has 2 nitrogen and oxygen atoms in total. The van der Waals surface area contributed by atoms with E-state index in [2.05, 4.69) is 50.4 Å². The number of benzene rings is 1. The standard InChI is InChI=1S/C17H23BrN2/c18-15-3-1-2-13(10-15)16-11-19-7-5-17(16)6-9-20-8-4-14(17)12-20/h1-3,10,14,16,19H,4-9,11-12H2. The smallest absolute Gasteiger partial charge is 0.0178 e. The lowest BCUT2D eigenvalue weighted by Gasteiger charge is -2.51. The van der Waals surface area contributed by atoms with E-state index >= 15 is 0 Å². The first kappa shape index (κ1) is 13.3. The van der Waals surface area contributed by atoms with Crippen molar-refractivity contribution in [1.82, 2.24) is 10.2 Å². The lowest BCUT2D eigenvalue weighted by Crippen LogP contribution is -2.52. The maximum Gasteiger partial charge on any atom is 0.0178 e. The monoisotopic (exact) mass is 334 g/mol. The normalized spacial score (nSPS) is 40.1. The van der Waals surface area contributed by atoms with Crippen molar-refractivity contribution >= 4 is 15.9 Å². The van der Waals surface area contributed by atoms with Crippen LogP contribution in [-0.2, 0) is 0 Å². The average Bonchev–Trinajstić information content (AvgIpc) is 2.89. The Labute approximate surface area is 130 Å². The van der Waals surface area contributed by atoms with Gasteiger partial charge in [0.2, 0.25) is 0 Å². The highest BCUT2D eigenvalue weighted by molar-refractivity contribution is 9.10. The van der Waals surface area contributed by atoms with Crippen LogP contribution >= 0.6 is 15.9 Å². The quantitative estimate of drug-likeness (QED) is 0.848. The third-order valence-electron chi connectivity index (χ3n) is 6.04. The Morgan fingerprint density at radius 3 is 3.10 bits per heavy atom. The van der Waals surface area contributed by atoms with Crippen LogP contribution in [0, 0.1) is 11.3 Å². The van der Waals surface area contributed by atoms with Crippen LogP contribution in [0.15, 0.2) is 28.7 Å². The number of nitrogens with zero attached hydrogens (tertiary/aromatic N) is 1. The second-order valence-corrected chi connectivity index (χ2v) is 7.75. The molecule has 3 heteroatoms. The van der Waals surface area contributed by atoms with Gasteiger partial charge in [0, 0.05) is 23.5 Å². The van der Waals surface area contributed by atoms with Gasteiger partial charge in [-0.1, -0.05) is 28.1 Å². The predicted octanol–water partition coefficient (Wildman–Crippen LogP) is 3.24. The molecule has 2 bridgehead atoms. The summed E-state index contributed by atoms with van der Waals surface area (Å²) in [6.07, 6.45) is 4.18. The first-order valence-corrected chi connectivity index (χ1v) is 8.76. The fraction of sp³-hybridized carbons (Fsp3) is 0.647. The lowest BCUT2D eigenvalue weighted by atomic mass is 9.58. The largest absolute Gasteiger partial charge is 0.316 e. The van der Waals surface area contributed by atoms with Gasteiger partial charge in [-0.25, -0.2) is 0 Å². The molecule has 3 fully saturated rings. The van der Waals surface area contributed by atoms with Crippen LogP contribution in [0.4, 0.5) is 0 Å². The zero-order chi connectivity index (χ0) is 13.6. The van der Waals surface area contributed by atoms with Gasteiger partial charge in [0.15, 0.2) is 0 Å². The number of nitrogens with one attached hydrogen (secondary N) is 1. The number of piperidine rings is 2. The Morgan fingerprint density at radius 2 is 2.20 bits per heavy atom. The maximum absolute atomic E-state index is 3.65. The molecule has 4 rings (SSSR count). The Kier molecular flexibility index (Phi) is 3.40. The predicted molar refractivity (Wildman–Crippen MR) is 86.0 cm³/mol. The summed E-state index contributed by atoms with van der Waals surface area (Å²) in [5.74, 6) is 1.61. The van der Waals surface area contributed by atoms with Gasteiger partial charge >= 0.3 is 0 Å². The van der Waals surface area contributed by atoms with Gasteiger partial charge < -0.3 is 10.2 Å². The third-order valence-corrected chi connectivity index (χ3v) is 6.53. The lowest BCUT2D eigenvalue weighted by molar-refractivity contribution is 0.0329. The van der Waals surface area contributed by atoms with Gasteiger partial charge in [-0.15, -0.1) is 0 Å². The van der Waals surface area contributed by atoms with Crippen molar-refractivity contribution in [2.75, 3.05) is 32.7 Å². The fourth-order valence-corrected chi connectivity index (χ4v) is 5.40.